The van der Waals surface area contributed by atoms with E-state index in [-0.39, 0.29) is 29.6 Å². The van der Waals surface area contributed by atoms with Gasteiger partial charge in [-0.3, -0.25) is 0 Å². The van der Waals surface area contributed by atoms with Gasteiger partial charge in [-0.05, 0) is 12.8 Å². The Morgan fingerprint density at radius 1 is 0.484 bits per heavy atom. The second-order valence-corrected chi connectivity index (χ2v) is 11.1. The molecule has 5 heteroatoms. The monoisotopic (exact) mass is 468 g/mol. The molecular formula is C26H53NaO3S. The third-order valence-corrected chi connectivity index (χ3v) is 7.71. The minimum Gasteiger partial charge on any atom is -0.748 e. The minimum absolute atomic E-state index is 0. The summed E-state index contributed by atoms with van der Waals surface area (Å²) in [6, 6.07) is 0. The minimum atomic E-state index is -4.13. The second kappa shape index (κ2) is 25.5. The predicted molar refractivity (Wildman–Crippen MR) is 131 cm³/mol. The van der Waals surface area contributed by atoms with Crippen molar-refractivity contribution < 1.29 is 42.5 Å². The summed E-state index contributed by atoms with van der Waals surface area (Å²) in [5.74, 6) is 0. The molecule has 0 amide bonds. The molecule has 182 valence electrons. The molecule has 3 nitrogen and oxygen atoms in total. The zero-order valence-corrected chi connectivity index (χ0v) is 24.3. The smallest absolute Gasteiger partial charge is 0.748 e. The van der Waals surface area contributed by atoms with Gasteiger partial charge in [0.25, 0.3) is 0 Å². The number of unbranched alkanes of at least 4 members (excludes halogenated alkanes) is 19. The van der Waals surface area contributed by atoms with Crippen LogP contribution in [0.1, 0.15) is 162 Å². The summed E-state index contributed by atoms with van der Waals surface area (Å²) in [5, 5.41) is -0.648. The van der Waals surface area contributed by atoms with Gasteiger partial charge in [-0.1, -0.05) is 149 Å². The van der Waals surface area contributed by atoms with Gasteiger partial charge in [0, 0.05) is 5.25 Å². The van der Waals surface area contributed by atoms with Crippen LogP contribution >= 0.6 is 0 Å². The molecule has 0 aromatic rings. The quantitative estimate of drug-likeness (QED) is 0.100. The molecule has 0 aromatic carbocycles. The molecule has 0 N–H and O–H groups in total. The zero-order valence-electron chi connectivity index (χ0n) is 21.5. The van der Waals surface area contributed by atoms with Crippen LogP contribution in [0.3, 0.4) is 0 Å². The Morgan fingerprint density at radius 3 is 0.935 bits per heavy atom. The van der Waals surface area contributed by atoms with Gasteiger partial charge >= 0.3 is 29.6 Å². The molecule has 0 aliphatic rings. The normalized spacial score (nSPS) is 12.6. The summed E-state index contributed by atoms with van der Waals surface area (Å²) >= 11 is 0. The van der Waals surface area contributed by atoms with Crippen LogP contribution in [0.5, 0.6) is 0 Å². The largest absolute Gasteiger partial charge is 1.00 e. The van der Waals surface area contributed by atoms with E-state index < -0.39 is 15.4 Å². The van der Waals surface area contributed by atoms with Crippen LogP contribution in [0.4, 0.5) is 0 Å². The topological polar surface area (TPSA) is 57.2 Å². The summed E-state index contributed by atoms with van der Waals surface area (Å²) in [4.78, 5) is 0. The second-order valence-electron chi connectivity index (χ2n) is 9.41. The summed E-state index contributed by atoms with van der Waals surface area (Å²) in [7, 11) is -4.13. The third kappa shape index (κ3) is 25.4. The molecule has 1 unspecified atom stereocenters. The zero-order chi connectivity index (χ0) is 22.3. The van der Waals surface area contributed by atoms with Crippen LogP contribution in [-0.2, 0) is 10.1 Å². The average Bonchev–Trinajstić information content (AvgIpc) is 2.70. The Labute approximate surface area is 218 Å². The number of hydrogen-bond acceptors (Lipinski definition) is 3. The van der Waals surface area contributed by atoms with Crippen LogP contribution in [0, 0.1) is 0 Å². The molecule has 0 aliphatic heterocycles. The van der Waals surface area contributed by atoms with E-state index >= 15 is 0 Å². The van der Waals surface area contributed by atoms with E-state index in [4.69, 9.17) is 0 Å². The molecule has 0 bridgehead atoms. The number of hydrogen-bond donors (Lipinski definition) is 0. The molecule has 0 fully saturated rings. The summed E-state index contributed by atoms with van der Waals surface area (Å²) < 4.78 is 34.6. The molecule has 0 saturated carbocycles. The van der Waals surface area contributed by atoms with Crippen molar-refractivity contribution in [1.82, 2.24) is 0 Å². The fourth-order valence-corrected chi connectivity index (χ4v) is 5.24. The van der Waals surface area contributed by atoms with E-state index in [0.717, 1.165) is 25.7 Å². The van der Waals surface area contributed by atoms with Crippen LogP contribution < -0.4 is 29.6 Å². The Balaban J connectivity index is 0. The molecular weight excluding hydrogens is 415 g/mol. The predicted octanol–water partition coefficient (Wildman–Crippen LogP) is 5.92. The van der Waals surface area contributed by atoms with Gasteiger partial charge in [-0.2, -0.15) is 0 Å². The molecule has 1 atom stereocenters. The van der Waals surface area contributed by atoms with Crippen molar-refractivity contribution >= 4 is 10.1 Å². The fourth-order valence-electron chi connectivity index (χ4n) is 4.33. The maximum atomic E-state index is 11.5. The molecule has 0 heterocycles. The standard InChI is InChI=1S/C26H54O3S.Na/c1-3-5-7-9-11-12-13-14-15-16-17-19-21-23-25-26(30(27,28)29)24-22-20-18-10-8-6-4-2;/h26H,3-25H2,1-2H3,(H,27,28,29);/q;+1/p-1. The van der Waals surface area contributed by atoms with Crippen molar-refractivity contribution in [2.45, 2.75) is 167 Å². The van der Waals surface area contributed by atoms with E-state index in [1.54, 1.807) is 0 Å². The SMILES string of the molecule is CCCCCCCCCCCCCCCCC(CCCCCCCCC)S(=O)(=O)[O-].[Na+]. The van der Waals surface area contributed by atoms with Gasteiger partial charge in [0.15, 0.2) is 0 Å². The van der Waals surface area contributed by atoms with Gasteiger partial charge in [0.2, 0.25) is 0 Å². The van der Waals surface area contributed by atoms with Crippen molar-refractivity contribution in [2.75, 3.05) is 0 Å². The van der Waals surface area contributed by atoms with Gasteiger partial charge in [-0.15, -0.1) is 0 Å². The molecule has 0 aliphatic carbocycles. The van der Waals surface area contributed by atoms with Gasteiger partial charge in [0.1, 0.15) is 0 Å². The summed E-state index contributed by atoms with van der Waals surface area (Å²) in [5.41, 5.74) is 0. The van der Waals surface area contributed by atoms with E-state index in [9.17, 15) is 13.0 Å². The van der Waals surface area contributed by atoms with E-state index in [2.05, 4.69) is 13.8 Å². The van der Waals surface area contributed by atoms with Gasteiger partial charge in [-0.25, -0.2) is 8.42 Å². The van der Waals surface area contributed by atoms with Crippen LogP contribution in [0.25, 0.3) is 0 Å². The van der Waals surface area contributed by atoms with E-state index in [1.807, 2.05) is 0 Å². The first kappa shape index (κ1) is 34.1. The molecule has 0 rings (SSSR count). The van der Waals surface area contributed by atoms with Crippen molar-refractivity contribution in [3.63, 3.8) is 0 Å². The molecule has 0 aromatic heterocycles. The molecule has 0 radical (unpaired) electrons. The van der Waals surface area contributed by atoms with Crippen LogP contribution in [0.2, 0.25) is 0 Å². The Bertz CT molecular complexity index is 440. The van der Waals surface area contributed by atoms with Crippen molar-refractivity contribution in [2.24, 2.45) is 0 Å². The number of rotatable bonds is 24. The third-order valence-electron chi connectivity index (χ3n) is 6.42. The van der Waals surface area contributed by atoms with Gasteiger partial charge in [0.05, 0.1) is 10.1 Å². The average molecular weight is 469 g/mol. The Morgan fingerprint density at radius 2 is 0.710 bits per heavy atom. The Kier molecular flexibility index (Phi) is 28.1. The first-order valence-electron chi connectivity index (χ1n) is 13.5. The van der Waals surface area contributed by atoms with Crippen molar-refractivity contribution in [3.8, 4) is 0 Å². The molecule has 0 spiro atoms. The maximum Gasteiger partial charge on any atom is 1.00 e. The van der Waals surface area contributed by atoms with Crippen molar-refractivity contribution in [3.05, 3.63) is 0 Å². The van der Waals surface area contributed by atoms with E-state index in [0.29, 0.717) is 12.8 Å². The summed E-state index contributed by atoms with van der Waals surface area (Å²) in [6.07, 6.45) is 27.4. The fraction of sp³-hybridized carbons (Fsp3) is 1.00. The van der Waals surface area contributed by atoms with E-state index in [1.165, 1.54) is 109 Å². The first-order valence-corrected chi connectivity index (χ1v) is 14.9. The Hall–Kier alpha value is 0.910. The van der Waals surface area contributed by atoms with Crippen molar-refractivity contribution in [1.29, 1.82) is 0 Å². The van der Waals surface area contributed by atoms with Crippen LogP contribution in [0.15, 0.2) is 0 Å². The van der Waals surface area contributed by atoms with Gasteiger partial charge < -0.3 is 4.55 Å². The molecule has 0 saturated heterocycles. The summed E-state index contributed by atoms with van der Waals surface area (Å²) in [6.45, 7) is 4.47. The molecule has 31 heavy (non-hydrogen) atoms. The van der Waals surface area contributed by atoms with Crippen LogP contribution in [-0.4, -0.2) is 18.2 Å². The maximum absolute atomic E-state index is 11.5. The first-order chi connectivity index (χ1) is 14.5.